The Morgan fingerprint density at radius 2 is 1.58 bits per heavy atom. The summed E-state index contributed by atoms with van der Waals surface area (Å²) in [5, 5.41) is 32.9. The molecule has 3 aromatic rings. The summed E-state index contributed by atoms with van der Waals surface area (Å²) in [5.41, 5.74) is -1.70. The number of aliphatic hydroxyl groups is 1. The van der Waals surface area contributed by atoms with E-state index >= 15 is 0 Å². The maximum absolute atomic E-state index is 13.3. The third-order valence-corrected chi connectivity index (χ3v) is 11.2. The third kappa shape index (κ3) is 14.2. The second-order valence-electron chi connectivity index (χ2n) is 14.8. The van der Waals surface area contributed by atoms with E-state index in [2.05, 4.69) is 26.6 Å². The summed E-state index contributed by atoms with van der Waals surface area (Å²) in [4.78, 5) is 76.5. The minimum atomic E-state index is -4.80. The number of hydrogen-bond donors (Lipinski definition) is 6. The molecule has 0 aromatic heterocycles. The van der Waals surface area contributed by atoms with Gasteiger partial charge in [-0.05, 0) is 67.9 Å². The second-order valence-corrected chi connectivity index (χ2v) is 15.9. The molecule has 0 bridgehead atoms. The SMILES string of the molecule is CC(O)(CSc1ccc(NCCC(=O)NCCOCCOCCOCCC(=O)Nc2cccc3c2CN(C2CCC(=O)NC2=O)C3=O)cc1)C(=O)Nc1ccc(C#N)c(C(F)(F)F)c1. The number of nitrogens with zero attached hydrogens (tertiary/aromatic N) is 2. The van der Waals surface area contributed by atoms with Crippen LogP contribution in [0.5, 0.6) is 0 Å². The second kappa shape index (κ2) is 23.0. The summed E-state index contributed by atoms with van der Waals surface area (Å²) < 4.78 is 56.3. The quantitative estimate of drug-likeness (QED) is 0.0452. The molecule has 6 amide bonds. The predicted molar refractivity (Wildman–Crippen MR) is 227 cm³/mol. The highest BCUT2D eigenvalue weighted by atomic mass is 32.2. The number of piperidine rings is 1. The molecule has 0 spiro atoms. The van der Waals surface area contributed by atoms with Gasteiger partial charge < -0.3 is 45.5 Å². The molecule has 2 aliphatic rings. The van der Waals surface area contributed by atoms with Gasteiger partial charge >= 0.3 is 6.18 Å². The van der Waals surface area contributed by atoms with Gasteiger partial charge in [0.15, 0.2) is 0 Å². The minimum absolute atomic E-state index is 0.0680. The van der Waals surface area contributed by atoms with Gasteiger partial charge in [-0.1, -0.05) is 6.07 Å². The highest BCUT2D eigenvalue weighted by Gasteiger charge is 2.40. The van der Waals surface area contributed by atoms with Gasteiger partial charge in [0.1, 0.15) is 11.6 Å². The molecule has 2 heterocycles. The highest BCUT2D eigenvalue weighted by Crippen LogP contribution is 2.35. The van der Waals surface area contributed by atoms with Crippen LogP contribution in [0.1, 0.15) is 59.7 Å². The molecule has 3 aromatic carbocycles. The zero-order valence-electron chi connectivity index (χ0n) is 34.8. The Kier molecular flexibility index (Phi) is 17.6. The van der Waals surface area contributed by atoms with Crippen LogP contribution in [-0.2, 0) is 50.9 Å². The number of nitriles is 1. The smallest absolute Gasteiger partial charge is 0.385 e. The van der Waals surface area contributed by atoms with E-state index in [-0.39, 0.29) is 93.7 Å². The topological polar surface area (TPSA) is 238 Å². The van der Waals surface area contributed by atoms with Crippen LogP contribution < -0.4 is 26.6 Å². The lowest BCUT2D eigenvalue weighted by molar-refractivity contribution is -0.138. The average molecular weight is 912 g/mol. The van der Waals surface area contributed by atoms with Gasteiger partial charge in [-0.25, -0.2) is 0 Å². The largest absolute Gasteiger partial charge is 0.417 e. The molecule has 0 aliphatic carbocycles. The fourth-order valence-electron chi connectivity index (χ4n) is 6.47. The van der Waals surface area contributed by atoms with Crippen molar-refractivity contribution in [3.8, 4) is 6.07 Å². The molecule has 21 heteroatoms. The maximum Gasteiger partial charge on any atom is 0.417 e. The monoisotopic (exact) mass is 911 g/mol. The summed E-state index contributed by atoms with van der Waals surface area (Å²) >= 11 is 1.16. The standard InChI is InChI=1S/C43H48F3N7O10S/c1-42(60,41(59)50-29-6-5-27(24-47)33(23-29)43(44,45)46)26-64-30-9-7-28(8-10-30)48-15-13-36(54)49-16-18-62-20-22-63-21-19-61-17-14-38(56)51-34-4-2-3-31-32(34)25-53(40(31)58)35-11-12-37(55)52-39(35)57/h2-10,23,35,48,60H,11-22,25-26H2,1H3,(H,49,54)(H,50,59)(H,51,56)(H,52,55,57). The van der Waals surface area contributed by atoms with Crippen molar-refractivity contribution in [2.24, 2.45) is 0 Å². The zero-order valence-corrected chi connectivity index (χ0v) is 35.6. The number of anilines is 3. The maximum atomic E-state index is 13.3. The van der Waals surface area contributed by atoms with Crippen LogP contribution in [-0.4, -0.2) is 116 Å². The number of halogens is 3. The minimum Gasteiger partial charge on any atom is -0.385 e. The van der Waals surface area contributed by atoms with Gasteiger partial charge in [-0.3, -0.25) is 34.1 Å². The number of rotatable bonds is 23. The lowest BCUT2D eigenvalue weighted by Gasteiger charge is -2.29. The summed E-state index contributed by atoms with van der Waals surface area (Å²) in [6.45, 7) is 3.61. The first-order valence-electron chi connectivity index (χ1n) is 20.2. The molecule has 0 saturated carbocycles. The number of amides is 6. The molecular weight excluding hydrogens is 864 g/mol. The van der Waals surface area contributed by atoms with Gasteiger partial charge in [-0.15, -0.1) is 11.8 Å². The van der Waals surface area contributed by atoms with Crippen LogP contribution in [0.15, 0.2) is 65.6 Å². The van der Waals surface area contributed by atoms with Crippen molar-refractivity contribution in [2.45, 2.75) is 61.9 Å². The van der Waals surface area contributed by atoms with E-state index in [1.54, 1.807) is 42.5 Å². The molecule has 1 saturated heterocycles. The average Bonchev–Trinajstić information content (AvgIpc) is 3.59. The number of carbonyl (C=O) groups excluding carboxylic acids is 6. The molecule has 2 atom stereocenters. The Bertz CT molecular complexity index is 2220. The summed E-state index contributed by atoms with van der Waals surface area (Å²) in [6, 6.07) is 15.5. The molecule has 2 aliphatic heterocycles. The summed E-state index contributed by atoms with van der Waals surface area (Å²) in [7, 11) is 0. The number of alkyl halides is 3. The number of benzene rings is 3. The van der Waals surface area contributed by atoms with Crippen LogP contribution in [0.3, 0.4) is 0 Å². The van der Waals surface area contributed by atoms with Crippen LogP contribution >= 0.6 is 11.8 Å². The molecule has 1 fully saturated rings. The van der Waals surface area contributed by atoms with Crippen molar-refractivity contribution >= 4 is 64.3 Å². The number of ether oxygens (including phenoxy) is 3. The van der Waals surface area contributed by atoms with E-state index in [1.165, 1.54) is 17.9 Å². The predicted octanol–water partition coefficient (Wildman–Crippen LogP) is 3.82. The Balaban J connectivity index is 0.852. The van der Waals surface area contributed by atoms with Gasteiger partial charge in [-0.2, -0.15) is 18.4 Å². The fourth-order valence-corrected chi connectivity index (χ4v) is 7.38. The summed E-state index contributed by atoms with van der Waals surface area (Å²) in [5.74, 6) is -2.70. The molecule has 0 radical (unpaired) electrons. The zero-order chi connectivity index (χ0) is 46.3. The van der Waals surface area contributed by atoms with Gasteiger partial charge in [0.25, 0.3) is 11.8 Å². The molecule has 6 N–H and O–H groups in total. The molecule has 64 heavy (non-hydrogen) atoms. The molecule has 17 nitrogen and oxygen atoms in total. The van der Waals surface area contributed by atoms with Crippen molar-refractivity contribution in [1.82, 2.24) is 15.5 Å². The van der Waals surface area contributed by atoms with E-state index in [0.717, 1.165) is 29.6 Å². The lowest BCUT2D eigenvalue weighted by Crippen LogP contribution is -2.52. The van der Waals surface area contributed by atoms with Crippen molar-refractivity contribution in [3.63, 3.8) is 0 Å². The first kappa shape index (κ1) is 49.0. The van der Waals surface area contributed by atoms with Gasteiger partial charge in [0.2, 0.25) is 23.6 Å². The Labute approximate surface area is 370 Å². The molecule has 5 rings (SSSR count). The Hall–Kier alpha value is -6.05. The Morgan fingerprint density at radius 1 is 0.891 bits per heavy atom. The fraction of sp³-hybridized carbons (Fsp3) is 0.419. The van der Waals surface area contributed by atoms with E-state index in [1.807, 2.05) is 0 Å². The Morgan fingerprint density at radius 3 is 2.27 bits per heavy atom. The molecule has 2 unspecified atom stereocenters. The number of nitrogens with one attached hydrogen (secondary N) is 5. The van der Waals surface area contributed by atoms with Crippen LogP contribution in [0, 0.1) is 11.3 Å². The van der Waals surface area contributed by atoms with Gasteiger partial charge in [0, 0.05) is 71.3 Å². The number of fused-ring (bicyclic) bond motifs is 1. The van der Waals surface area contributed by atoms with E-state index < -0.39 is 40.8 Å². The number of hydrogen-bond acceptors (Lipinski definition) is 13. The van der Waals surface area contributed by atoms with Crippen molar-refractivity contribution in [2.75, 3.05) is 74.4 Å². The first-order valence-corrected chi connectivity index (χ1v) is 21.2. The molecular formula is C43H48F3N7O10S. The number of imide groups is 1. The highest BCUT2D eigenvalue weighted by molar-refractivity contribution is 7.99. The molecule has 342 valence electrons. The van der Waals surface area contributed by atoms with Crippen molar-refractivity contribution in [3.05, 3.63) is 82.9 Å². The lowest BCUT2D eigenvalue weighted by atomic mass is 10.0. The van der Waals surface area contributed by atoms with E-state index in [0.29, 0.717) is 54.1 Å². The van der Waals surface area contributed by atoms with E-state index in [4.69, 9.17) is 19.5 Å². The number of carbonyl (C=O) groups is 6. The van der Waals surface area contributed by atoms with Crippen LogP contribution in [0.4, 0.5) is 30.2 Å². The van der Waals surface area contributed by atoms with Crippen molar-refractivity contribution in [1.29, 1.82) is 5.26 Å². The third-order valence-electron chi connectivity index (χ3n) is 9.89. The van der Waals surface area contributed by atoms with Crippen molar-refractivity contribution < 1.29 is 61.3 Å². The number of thioether (sulfide) groups is 1. The normalized spacial score (nSPS) is 15.7. The summed E-state index contributed by atoms with van der Waals surface area (Å²) in [6.07, 6.45) is -4.14. The van der Waals surface area contributed by atoms with E-state index in [9.17, 15) is 47.0 Å². The van der Waals surface area contributed by atoms with Crippen LogP contribution in [0.2, 0.25) is 0 Å². The first-order chi connectivity index (χ1) is 30.5. The van der Waals surface area contributed by atoms with Crippen LogP contribution in [0.25, 0.3) is 0 Å². The van der Waals surface area contributed by atoms with Gasteiger partial charge in [0.05, 0.1) is 63.3 Å².